The maximum absolute atomic E-state index is 13.0. The molecule has 0 atom stereocenters. The maximum atomic E-state index is 13.0. The van der Waals surface area contributed by atoms with Crippen LogP contribution in [-0.4, -0.2) is 25.3 Å². The lowest BCUT2D eigenvalue weighted by Crippen LogP contribution is -2.28. The maximum Gasteiger partial charge on any atom is 0.221 e. The number of rotatable bonds is 6. The molecule has 1 N–H and O–H groups in total. The van der Waals surface area contributed by atoms with E-state index < -0.39 is 15.7 Å². The summed E-state index contributed by atoms with van der Waals surface area (Å²) in [5.41, 5.74) is 0.665. The SMILES string of the molecule is O=C(CCS(=O)(=O)C1CCCC1)NCc1ccc(F)c(Cl)c1. The summed E-state index contributed by atoms with van der Waals surface area (Å²) >= 11 is 5.66. The van der Waals surface area contributed by atoms with Crippen LogP contribution in [0.2, 0.25) is 5.02 Å². The first-order chi connectivity index (χ1) is 10.4. The minimum atomic E-state index is -3.18. The third-order valence-electron chi connectivity index (χ3n) is 3.90. The molecule has 0 bridgehead atoms. The molecule has 0 saturated heterocycles. The number of hydrogen-bond donors (Lipinski definition) is 1. The number of halogens is 2. The van der Waals surface area contributed by atoms with Crippen molar-refractivity contribution in [2.75, 3.05) is 5.75 Å². The Labute approximate surface area is 135 Å². The minimum Gasteiger partial charge on any atom is -0.352 e. The molecule has 0 aromatic heterocycles. The van der Waals surface area contributed by atoms with Gasteiger partial charge in [-0.2, -0.15) is 0 Å². The molecule has 2 rings (SSSR count). The molecule has 0 spiro atoms. The molecule has 1 amide bonds. The van der Waals surface area contributed by atoms with E-state index in [0.717, 1.165) is 12.8 Å². The number of amides is 1. The Bertz CT molecular complexity index is 642. The van der Waals surface area contributed by atoms with Crippen molar-refractivity contribution >= 4 is 27.3 Å². The van der Waals surface area contributed by atoms with Crippen molar-refractivity contribution in [1.82, 2.24) is 5.32 Å². The van der Waals surface area contributed by atoms with Gasteiger partial charge in [0.05, 0.1) is 16.0 Å². The van der Waals surface area contributed by atoms with Gasteiger partial charge in [0.25, 0.3) is 0 Å². The van der Waals surface area contributed by atoms with Crippen LogP contribution in [0.4, 0.5) is 4.39 Å². The number of hydrogen-bond acceptors (Lipinski definition) is 3. The van der Waals surface area contributed by atoms with Crippen molar-refractivity contribution < 1.29 is 17.6 Å². The Hall–Kier alpha value is -1.14. The Morgan fingerprint density at radius 1 is 1.32 bits per heavy atom. The van der Waals surface area contributed by atoms with Gasteiger partial charge in [-0.3, -0.25) is 4.79 Å². The fourth-order valence-corrected chi connectivity index (χ4v) is 4.65. The van der Waals surface area contributed by atoms with Gasteiger partial charge < -0.3 is 5.32 Å². The third-order valence-corrected chi connectivity index (χ3v) is 6.45. The average Bonchev–Trinajstić information content (AvgIpc) is 3.01. The summed E-state index contributed by atoms with van der Waals surface area (Å²) in [4.78, 5) is 11.7. The van der Waals surface area contributed by atoms with Crippen LogP contribution in [-0.2, 0) is 21.2 Å². The molecule has 1 aromatic carbocycles. The third kappa shape index (κ3) is 4.68. The second-order valence-corrected chi connectivity index (χ2v) is 8.36. The van der Waals surface area contributed by atoms with Gasteiger partial charge in [-0.05, 0) is 30.5 Å². The monoisotopic (exact) mass is 347 g/mol. The highest BCUT2D eigenvalue weighted by Crippen LogP contribution is 2.25. The quantitative estimate of drug-likeness (QED) is 0.860. The van der Waals surface area contributed by atoms with Crippen molar-refractivity contribution in [3.8, 4) is 0 Å². The number of nitrogens with one attached hydrogen (secondary N) is 1. The standard InChI is InChI=1S/C15H19ClFNO3S/c16-13-9-11(5-6-14(13)17)10-18-15(19)7-8-22(20,21)12-3-1-2-4-12/h5-6,9,12H,1-4,7-8,10H2,(H,18,19). The molecule has 7 heteroatoms. The van der Waals surface area contributed by atoms with Crippen LogP contribution in [0.5, 0.6) is 0 Å². The number of carbonyl (C=O) groups excluding carboxylic acids is 1. The number of benzene rings is 1. The normalized spacial score (nSPS) is 15.9. The van der Waals surface area contributed by atoms with Crippen LogP contribution in [0.1, 0.15) is 37.7 Å². The summed E-state index contributed by atoms with van der Waals surface area (Å²) in [6.45, 7) is 0.197. The van der Waals surface area contributed by atoms with Gasteiger partial charge in [-0.25, -0.2) is 12.8 Å². The first-order valence-electron chi connectivity index (χ1n) is 7.30. The van der Waals surface area contributed by atoms with E-state index in [0.29, 0.717) is 18.4 Å². The van der Waals surface area contributed by atoms with Crippen LogP contribution in [0.15, 0.2) is 18.2 Å². The first-order valence-corrected chi connectivity index (χ1v) is 9.40. The van der Waals surface area contributed by atoms with E-state index in [1.165, 1.54) is 18.2 Å². The summed E-state index contributed by atoms with van der Waals surface area (Å²) in [5, 5.41) is 2.34. The lowest BCUT2D eigenvalue weighted by atomic mass is 10.2. The Balaban J connectivity index is 1.79. The molecule has 0 unspecified atom stereocenters. The Kier molecular flexibility index (Phi) is 5.81. The molecule has 1 saturated carbocycles. The second kappa shape index (κ2) is 7.42. The molecule has 1 aromatic rings. The van der Waals surface area contributed by atoms with E-state index in [4.69, 9.17) is 11.6 Å². The van der Waals surface area contributed by atoms with E-state index in [1.54, 1.807) is 0 Å². The highest BCUT2D eigenvalue weighted by Gasteiger charge is 2.28. The van der Waals surface area contributed by atoms with Crippen molar-refractivity contribution in [2.24, 2.45) is 0 Å². The van der Waals surface area contributed by atoms with E-state index in [1.807, 2.05) is 0 Å². The molecule has 0 aliphatic heterocycles. The molecule has 122 valence electrons. The van der Waals surface area contributed by atoms with Crippen molar-refractivity contribution in [3.63, 3.8) is 0 Å². The largest absolute Gasteiger partial charge is 0.352 e. The highest BCUT2D eigenvalue weighted by molar-refractivity contribution is 7.92. The average molecular weight is 348 g/mol. The zero-order valence-corrected chi connectivity index (χ0v) is 13.7. The molecule has 1 aliphatic carbocycles. The summed E-state index contributed by atoms with van der Waals surface area (Å²) in [7, 11) is -3.18. The zero-order valence-electron chi connectivity index (χ0n) is 12.1. The van der Waals surface area contributed by atoms with E-state index >= 15 is 0 Å². The summed E-state index contributed by atoms with van der Waals surface area (Å²) < 4.78 is 37.1. The van der Waals surface area contributed by atoms with Crippen molar-refractivity contribution in [3.05, 3.63) is 34.6 Å². The van der Waals surface area contributed by atoms with Crippen LogP contribution in [0, 0.1) is 5.82 Å². The van der Waals surface area contributed by atoms with Gasteiger partial charge >= 0.3 is 0 Å². The van der Waals surface area contributed by atoms with Gasteiger partial charge in [0, 0.05) is 13.0 Å². The van der Waals surface area contributed by atoms with Gasteiger partial charge in [-0.15, -0.1) is 0 Å². The molecular weight excluding hydrogens is 329 g/mol. The highest BCUT2D eigenvalue weighted by atomic mass is 35.5. The van der Waals surface area contributed by atoms with E-state index in [9.17, 15) is 17.6 Å². The number of sulfone groups is 1. The van der Waals surface area contributed by atoms with Crippen LogP contribution in [0.25, 0.3) is 0 Å². The molecule has 1 fully saturated rings. The summed E-state index contributed by atoms with van der Waals surface area (Å²) in [6.07, 6.45) is 3.26. The van der Waals surface area contributed by atoms with Crippen molar-refractivity contribution in [2.45, 2.75) is 43.9 Å². The van der Waals surface area contributed by atoms with E-state index in [2.05, 4.69) is 5.32 Å². The van der Waals surface area contributed by atoms with Gasteiger partial charge in [0.1, 0.15) is 5.82 Å². The summed E-state index contributed by atoms with van der Waals surface area (Å²) in [6, 6.07) is 4.19. The molecule has 0 heterocycles. The molecule has 0 radical (unpaired) electrons. The summed E-state index contributed by atoms with van der Waals surface area (Å²) in [5.74, 6) is -0.963. The molecule has 1 aliphatic rings. The Morgan fingerprint density at radius 2 is 2.00 bits per heavy atom. The topological polar surface area (TPSA) is 63.2 Å². The molecular formula is C15H19ClFNO3S. The fourth-order valence-electron chi connectivity index (χ4n) is 2.59. The smallest absolute Gasteiger partial charge is 0.221 e. The van der Waals surface area contributed by atoms with Crippen LogP contribution >= 0.6 is 11.6 Å². The van der Waals surface area contributed by atoms with E-state index in [-0.39, 0.29) is 34.9 Å². The molecule has 22 heavy (non-hydrogen) atoms. The Morgan fingerprint density at radius 3 is 2.64 bits per heavy atom. The lowest BCUT2D eigenvalue weighted by molar-refractivity contribution is -0.120. The number of carbonyl (C=O) groups is 1. The molecule has 4 nitrogen and oxygen atoms in total. The van der Waals surface area contributed by atoms with Gasteiger partial charge in [0.15, 0.2) is 9.84 Å². The second-order valence-electron chi connectivity index (χ2n) is 5.55. The predicted molar refractivity (Wildman–Crippen MR) is 83.9 cm³/mol. The fraction of sp³-hybridized carbons (Fsp3) is 0.533. The minimum absolute atomic E-state index is 0.00411. The van der Waals surface area contributed by atoms with Gasteiger partial charge in [0.2, 0.25) is 5.91 Å². The van der Waals surface area contributed by atoms with Crippen LogP contribution in [0.3, 0.4) is 0 Å². The van der Waals surface area contributed by atoms with Crippen LogP contribution < -0.4 is 5.32 Å². The lowest BCUT2D eigenvalue weighted by Gasteiger charge is -2.11. The van der Waals surface area contributed by atoms with Gasteiger partial charge in [-0.1, -0.05) is 30.5 Å². The first kappa shape index (κ1) is 17.2. The zero-order chi connectivity index (χ0) is 16.2. The van der Waals surface area contributed by atoms with Crippen molar-refractivity contribution in [1.29, 1.82) is 0 Å². The predicted octanol–water partition coefficient (Wildman–Crippen LogP) is 2.84.